The van der Waals surface area contributed by atoms with Gasteiger partial charge in [0.15, 0.2) is 0 Å². The molecule has 1 unspecified atom stereocenters. The molecular formula is C16H23N3O. The van der Waals surface area contributed by atoms with Gasteiger partial charge in [0.2, 0.25) is 0 Å². The molecule has 4 nitrogen and oxygen atoms in total. The summed E-state index contributed by atoms with van der Waals surface area (Å²) in [6.07, 6.45) is 12.5. The molecule has 2 aliphatic rings. The molecule has 1 atom stereocenters. The Bertz CT molecular complexity index is 490. The first kappa shape index (κ1) is 13.6. The second-order valence-corrected chi connectivity index (χ2v) is 6.40. The van der Waals surface area contributed by atoms with Crippen molar-refractivity contribution in [3.8, 4) is 6.07 Å². The lowest BCUT2D eigenvalue weighted by molar-refractivity contribution is 0.0372. The van der Waals surface area contributed by atoms with Crippen molar-refractivity contribution in [1.82, 2.24) is 9.55 Å². The van der Waals surface area contributed by atoms with Crippen LogP contribution in [0.2, 0.25) is 0 Å². The molecule has 0 radical (unpaired) electrons. The third kappa shape index (κ3) is 2.47. The highest BCUT2D eigenvalue weighted by Gasteiger charge is 2.41. The molecule has 4 heteroatoms. The molecule has 0 bridgehead atoms. The van der Waals surface area contributed by atoms with Crippen molar-refractivity contribution in [1.29, 1.82) is 5.26 Å². The summed E-state index contributed by atoms with van der Waals surface area (Å²) >= 11 is 0. The monoisotopic (exact) mass is 273 g/mol. The molecule has 1 heterocycles. The molecule has 2 saturated carbocycles. The number of nitriles is 1. The smallest absolute Gasteiger partial charge is 0.114 e. The van der Waals surface area contributed by atoms with Crippen LogP contribution >= 0.6 is 0 Å². The number of nitrogens with zero attached hydrogens (tertiary/aromatic N) is 3. The Morgan fingerprint density at radius 1 is 1.25 bits per heavy atom. The van der Waals surface area contributed by atoms with Gasteiger partial charge in [-0.05, 0) is 25.7 Å². The number of aliphatic hydroxyl groups is 1. The standard InChI is InChI=1S/C16H23N3O/c17-11-16(8-4-2-1-3-5-9-16)15(20)14-10-18-12-19(14)13-6-7-13/h10,12-13,15,20H,1-9H2. The first-order valence-corrected chi connectivity index (χ1v) is 7.88. The van der Waals surface area contributed by atoms with Crippen molar-refractivity contribution >= 4 is 0 Å². The second kappa shape index (κ2) is 5.57. The molecule has 0 spiro atoms. The van der Waals surface area contributed by atoms with Crippen LogP contribution < -0.4 is 0 Å². The Morgan fingerprint density at radius 3 is 2.50 bits per heavy atom. The number of hydrogen-bond acceptors (Lipinski definition) is 3. The SMILES string of the molecule is N#CC1(C(O)c2cncn2C2CC2)CCCCCCC1. The van der Waals surface area contributed by atoms with E-state index in [1.165, 1.54) is 19.3 Å². The molecule has 108 valence electrons. The quantitative estimate of drug-likeness (QED) is 0.916. The van der Waals surface area contributed by atoms with Crippen LogP contribution in [0.3, 0.4) is 0 Å². The Balaban J connectivity index is 1.86. The maximum Gasteiger partial charge on any atom is 0.114 e. The van der Waals surface area contributed by atoms with Gasteiger partial charge >= 0.3 is 0 Å². The molecule has 2 aliphatic carbocycles. The predicted molar refractivity (Wildman–Crippen MR) is 75.8 cm³/mol. The van der Waals surface area contributed by atoms with E-state index in [-0.39, 0.29) is 0 Å². The summed E-state index contributed by atoms with van der Waals surface area (Å²) in [4.78, 5) is 4.20. The van der Waals surface area contributed by atoms with Crippen LogP contribution in [-0.4, -0.2) is 14.7 Å². The van der Waals surface area contributed by atoms with Crippen molar-refractivity contribution in [3.63, 3.8) is 0 Å². The van der Waals surface area contributed by atoms with Crippen molar-refractivity contribution in [2.75, 3.05) is 0 Å². The second-order valence-electron chi connectivity index (χ2n) is 6.40. The summed E-state index contributed by atoms with van der Waals surface area (Å²) < 4.78 is 2.09. The minimum Gasteiger partial charge on any atom is -0.385 e. The fourth-order valence-corrected chi connectivity index (χ4v) is 3.45. The maximum absolute atomic E-state index is 10.9. The molecule has 3 rings (SSSR count). The summed E-state index contributed by atoms with van der Waals surface area (Å²) in [5.74, 6) is 0. The molecule has 0 aliphatic heterocycles. The van der Waals surface area contributed by atoms with Crippen LogP contribution in [0.15, 0.2) is 12.5 Å². The van der Waals surface area contributed by atoms with Crippen molar-refractivity contribution in [2.24, 2.45) is 5.41 Å². The van der Waals surface area contributed by atoms with Gasteiger partial charge in [-0.2, -0.15) is 5.26 Å². The van der Waals surface area contributed by atoms with Gasteiger partial charge in [0.25, 0.3) is 0 Å². The van der Waals surface area contributed by atoms with E-state index in [1.807, 2.05) is 6.33 Å². The van der Waals surface area contributed by atoms with Gasteiger partial charge in [-0.25, -0.2) is 4.98 Å². The van der Waals surface area contributed by atoms with Gasteiger partial charge in [-0.3, -0.25) is 0 Å². The topological polar surface area (TPSA) is 61.8 Å². The van der Waals surface area contributed by atoms with Gasteiger partial charge in [0.1, 0.15) is 6.10 Å². The molecule has 1 aromatic heterocycles. The zero-order valence-electron chi connectivity index (χ0n) is 12.0. The summed E-state index contributed by atoms with van der Waals surface area (Å²) in [7, 11) is 0. The number of rotatable bonds is 3. The van der Waals surface area contributed by atoms with Crippen molar-refractivity contribution in [2.45, 2.75) is 69.9 Å². The number of hydrogen-bond donors (Lipinski definition) is 1. The zero-order valence-corrected chi connectivity index (χ0v) is 12.0. The molecule has 0 aromatic carbocycles. The lowest BCUT2D eigenvalue weighted by Crippen LogP contribution is -2.30. The van der Waals surface area contributed by atoms with E-state index in [9.17, 15) is 10.4 Å². The van der Waals surface area contributed by atoms with E-state index in [4.69, 9.17) is 0 Å². The van der Waals surface area contributed by atoms with E-state index in [0.717, 1.165) is 44.2 Å². The van der Waals surface area contributed by atoms with E-state index in [1.54, 1.807) is 6.20 Å². The molecule has 0 saturated heterocycles. The highest BCUT2D eigenvalue weighted by molar-refractivity contribution is 5.16. The third-order valence-corrected chi connectivity index (χ3v) is 4.91. The molecule has 1 aromatic rings. The van der Waals surface area contributed by atoms with Crippen LogP contribution in [0, 0.1) is 16.7 Å². The van der Waals surface area contributed by atoms with Gasteiger partial charge in [0.05, 0.1) is 29.7 Å². The van der Waals surface area contributed by atoms with Crippen LogP contribution in [0.1, 0.15) is 75.6 Å². The summed E-state index contributed by atoms with van der Waals surface area (Å²) in [6, 6.07) is 2.96. The summed E-state index contributed by atoms with van der Waals surface area (Å²) in [6.45, 7) is 0. The average molecular weight is 273 g/mol. The van der Waals surface area contributed by atoms with Gasteiger partial charge in [0, 0.05) is 6.04 Å². The maximum atomic E-state index is 10.9. The number of aliphatic hydroxyl groups excluding tert-OH is 1. The Labute approximate surface area is 120 Å². The fraction of sp³-hybridized carbons (Fsp3) is 0.750. The molecule has 0 amide bonds. The summed E-state index contributed by atoms with van der Waals surface area (Å²) in [5, 5.41) is 20.6. The van der Waals surface area contributed by atoms with Crippen molar-refractivity contribution in [3.05, 3.63) is 18.2 Å². The normalized spacial score (nSPS) is 24.4. The van der Waals surface area contributed by atoms with E-state index in [0.29, 0.717) is 6.04 Å². The Morgan fingerprint density at radius 2 is 1.90 bits per heavy atom. The van der Waals surface area contributed by atoms with Gasteiger partial charge < -0.3 is 9.67 Å². The average Bonchev–Trinajstić information content (AvgIpc) is 3.16. The van der Waals surface area contributed by atoms with Gasteiger partial charge in [-0.1, -0.05) is 32.1 Å². The van der Waals surface area contributed by atoms with Crippen LogP contribution in [0.4, 0.5) is 0 Å². The van der Waals surface area contributed by atoms with E-state index >= 15 is 0 Å². The fourth-order valence-electron chi connectivity index (χ4n) is 3.45. The highest BCUT2D eigenvalue weighted by Crippen LogP contribution is 2.46. The first-order valence-electron chi connectivity index (χ1n) is 7.88. The lowest BCUT2D eigenvalue weighted by Gasteiger charge is -2.33. The predicted octanol–water partition coefficient (Wildman–Crippen LogP) is 3.51. The van der Waals surface area contributed by atoms with Crippen LogP contribution in [-0.2, 0) is 0 Å². The van der Waals surface area contributed by atoms with Crippen LogP contribution in [0.25, 0.3) is 0 Å². The summed E-state index contributed by atoms with van der Waals surface area (Å²) in [5.41, 5.74) is 0.224. The minimum atomic E-state index is -0.700. The Kier molecular flexibility index (Phi) is 3.80. The molecule has 2 fully saturated rings. The third-order valence-electron chi connectivity index (χ3n) is 4.91. The molecule has 20 heavy (non-hydrogen) atoms. The number of imidazole rings is 1. The highest BCUT2D eigenvalue weighted by atomic mass is 16.3. The first-order chi connectivity index (χ1) is 9.77. The number of aromatic nitrogens is 2. The lowest BCUT2D eigenvalue weighted by atomic mass is 9.72. The minimum absolute atomic E-state index is 0.492. The van der Waals surface area contributed by atoms with Crippen LogP contribution in [0.5, 0.6) is 0 Å². The largest absolute Gasteiger partial charge is 0.385 e. The van der Waals surface area contributed by atoms with E-state index < -0.39 is 11.5 Å². The molecular weight excluding hydrogens is 250 g/mol. The van der Waals surface area contributed by atoms with Gasteiger partial charge in [-0.15, -0.1) is 0 Å². The molecule has 1 N–H and O–H groups in total. The Hall–Kier alpha value is -1.34. The van der Waals surface area contributed by atoms with E-state index in [2.05, 4.69) is 15.6 Å². The zero-order chi connectivity index (χ0) is 14.0. The van der Waals surface area contributed by atoms with Crippen molar-refractivity contribution < 1.29 is 5.11 Å².